The number of hydrogen-bond acceptors (Lipinski definition) is 3. The second kappa shape index (κ2) is 4.56. The maximum absolute atomic E-state index is 13.2. The van der Waals surface area contributed by atoms with E-state index in [0.717, 1.165) is 37.0 Å². The molecule has 0 spiro atoms. The van der Waals surface area contributed by atoms with E-state index in [-0.39, 0.29) is 23.0 Å². The first-order valence-corrected chi connectivity index (χ1v) is 8.48. The van der Waals surface area contributed by atoms with E-state index in [0.29, 0.717) is 11.0 Å². The Kier molecular flexibility index (Phi) is 2.68. The average molecular weight is 314 g/mol. The first kappa shape index (κ1) is 13.5. The minimum atomic E-state index is -0.387. The number of carbonyl (C=O) groups is 1. The van der Waals surface area contributed by atoms with Crippen molar-refractivity contribution in [1.82, 2.24) is 10.5 Å². The number of aromatic nitrogens is 1. The van der Waals surface area contributed by atoms with E-state index in [2.05, 4.69) is 10.5 Å². The van der Waals surface area contributed by atoms with Gasteiger partial charge in [-0.1, -0.05) is 5.16 Å². The molecule has 1 aromatic heterocycles. The van der Waals surface area contributed by atoms with Crippen LogP contribution in [-0.4, -0.2) is 16.6 Å². The SMILES string of the molecule is O=C(NC12CC3CC(CC(C3)C1)C2)c1noc2cc(F)ccc12. The molecular weight excluding hydrogens is 295 g/mol. The lowest BCUT2D eigenvalue weighted by atomic mass is 9.53. The molecule has 1 aromatic carbocycles. The zero-order valence-electron chi connectivity index (χ0n) is 12.8. The van der Waals surface area contributed by atoms with Gasteiger partial charge >= 0.3 is 0 Å². The van der Waals surface area contributed by atoms with Gasteiger partial charge in [-0.15, -0.1) is 0 Å². The highest BCUT2D eigenvalue weighted by Crippen LogP contribution is 2.55. The quantitative estimate of drug-likeness (QED) is 0.920. The van der Waals surface area contributed by atoms with Gasteiger partial charge in [0.05, 0.1) is 5.39 Å². The summed E-state index contributed by atoms with van der Waals surface area (Å²) in [4.78, 5) is 12.8. The van der Waals surface area contributed by atoms with Gasteiger partial charge in [-0.05, 0) is 68.4 Å². The van der Waals surface area contributed by atoms with Crippen molar-refractivity contribution in [2.75, 3.05) is 0 Å². The molecule has 2 aromatic rings. The van der Waals surface area contributed by atoms with Gasteiger partial charge in [-0.3, -0.25) is 4.79 Å². The molecule has 0 radical (unpaired) electrons. The smallest absolute Gasteiger partial charge is 0.274 e. The van der Waals surface area contributed by atoms with E-state index in [9.17, 15) is 9.18 Å². The molecule has 4 aliphatic carbocycles. The monoisotopic (exact) mass is 314 g/mol. The van der Waals surface area contributed by atoms with Crippen molar-refractivity contribution in [2.45, 2.75) is 44.1 Å². The Bertz CT molecular complexity index is 762. The van der Waals surface area contributed by atoms with E-state index in [4.69, 9.17) is 4.52 Å². The number of fused-ring (bicyclic) bond motifs is 1. The Morgan fingerprint density at radius 1 is 1.17 bits per heavy atom. The van der Waals surface area contributed by atoms with Crippen LogP contribution < -0.4 is 5.32 Å². The number of amides is 1. The molecule has 4 aliphatic rings. The first-order chi connectivity index (χ1) is 11.1. The molecule has 4 fully saturated rings. The van der Waals surface area contributed by atoms with E-state index in [1.54, 1.807) is 6.07 Å². The van der Waals surface area contributed by atoms with Gasteiger partial charge in [-0.25, -0.2) is 4.39 Å². The lowest BCUT2D eigenvalue weighted by Crippen LogP contribution is -2.59. The van der Waals surface area contributed by atoms with E-state index >= 15 is 0 Å². The van der Waals surface area contributed by atoms with E-state index in [1.807, 2.05) is 0 Å². The Morgan fingerprint density at radius 2 is 1.83 bits per heavy atom. The molecule has 0 saturated heterocycles. The number of hydrogen-bond donors (Lipinski definition) is 1. The van der Waals surface area contributed by atoms with Crippen molar-refractivity contribution in [3.05, 3.63) is 29.7 Å². The summed E-state index contributed by atoms with van der Waals surface area (Å²) >= 11 is 0. The zero-order valence-corrected chi connectivity index (χ0v) is 12.8. The Balaban J connectivity index is 1.44. The Labute approximate surface area is 133 Å². The summed E-state index contributed by atoms with van der Waals surface area (Å²) in [6.07, 6.45) is 7.28. The summed E-state index contributed by atoms with van der Waals surface area (Å²) in [7, 11) is 0. The van der Waals surface area contributed by atoms with E-state index in [1.165, 1.54) is 31.4 Å². The van der Waals surface area contributed by atoms with Gasteiger partial charge in [0, 0.05) is 11.6 Å². The highest BCUT2D eigenvalue weighted by Gasteiger charge is 2.51. The molecular formula is C18H19FN2O2. The summed E-state index contributed by atoms with van der Waals surface area (Å²) in [5, 5.41) is 7.74. The lowest BCUT2D eigenvalue weighted by Gasteiger charge is -2.56. The largest absolute Gasteiger partial charge is 0.355 e. The summed E-state index contributed by atoms with van der Waals surface area (Å²) in [5.41, 5.74) is 0.536. The molecule has 4 bridgehead atoms. The first-order valence-electron chi connectivity index (χ1n) is 8.48. The highest BCUT2D eigenvalue weighted by atomic mass is 19.1. The minimum absolute atomic E-state index is 0.0584. The summed E-state index contributed by atoms with van der Waals surface area (Å²) < 4.78 is 18.4. The third kappa shape index (κ3) is 2.09. The molecule has 1 N–H and O–H groups in total. The molecule has 0 aliphatic heterocycles. The molecule has 1 heterocycles. The van der Waals surface area contributed by atoms with Crippen molar-refractivity contribution in [2.24, 2.45) is 17.8 Å². The molecule has 6 rings (SSSR count). The number of nitrogens with one attached hydrogen (secondary N) is 1. The molecule has 1 amide bonds. The molecule has 120 valence electrons. The predicted octanol–water partition coefficient (Wildman–Crippen LogP) is 3.67. The molecule has 0 atom stereocenters. The van der Waals surface area contributed by atoms with E-state index < -0.39 is 0 Å². The maximum atomic E-state index is 13.2. The molecule has 4 nitrogen and oxygen atoms in total. The van der Waals surface area contributed by atoms with Crippen molar-refractivity contribution >= 4 is 16.9 Å². The fourth-order valence-electron chi connectivity index (χ4n) is 5.64. The van der Waals surface area contributed by atoms with Crippen LogP contribution in [0.2, 0.25) is 0 Å². The third-order valence-corrected chi connectivity index (χ3v) is 6.07. The number of nitrogens with zero attached hydrogens (tertiary/aromatic N) is 1. The van der Waals surface area contributed by atoms with Crippen LogP contribution in [0.4, 0.5) is 4.39 Å². The van der Waals surface area contributed by atoms with Crippen LogP contribution in [0.3, 0.4) is 0 Å². The van der Waals surface area contributed by atoms with Crippen molar-refractivity contribution in [3.8, 4) is 0 Å². The number of halogens is 1. The van der Waals surface area contributed by atoms with Gasteiger partial charge in [0.2, 0.25) is 0 Å². The highest BCUT2D eigenvalue weighted by molar-refractivity contribution is 6.04. The average Bonchev–Trinajstić information content (AvgIpc) is 2.88. The second-order valence-corrected chi connectivity index (χ2v) is 7.82. The molecule has 0 unspecified atom stereocenters. The standard InChI is InChI=1S/C18H19FN2O2/c19-13-1-2-14-15(6-13)23-21-16(14)17(22)20-18-7-10-3-11(8-18)5-12(4-10)9-18/h1-2,6,10-12H,3-5,7-9H2,(H,20,22). The van der Waals surface area contributed by atoms with Crippen molar-refractivity contribution < 1.29 is 13.7 Å². The Hall–Kier alpha value is -1.91. The van der Waals surface area contributed by atoms with Crippen LogP contribution in [0.1, 0.15) is 49.0 Å². The van der Waals surface area contributed by atoms with Crippen LogP contribution in [0, 0.1) is 23.6 Å². The number of carbonyl (C=O) groups excluding carboxylic acids is 1. The van der Waals surface area contributed by atoms with Gasteiger partial charge in [0.15, 0.2) is 11.3 Å². The van der Waals surface area contributed by atoms with Crippen LogP contribution in [0.15, 0.2) is 22.7 Å². The van der Waals surface area contributed by atoms with Crippen LogP contribution in [-0.2, 0) is 0 Å². The van der Waals surface area contributed by atoms with Gasteiger partial charge < -0.3 is 9.84 Å². The van der Waals surface area contributed by atoms with Crippen LogP contribution in [0.5, 0.6) is 0 Å². The summed E-state index contributed by atoms with van der Waals surface area (Å²) in [5.74, 6) is 1.73. The van der Waals surface area contributed by atoms with Gasteiger partial charge in [0.25, 0.3) is 5.91 Å². The number of benzene rings is 1. The molecule has 4 saturated carbocycles. The van der Waals surface area contributed by atoms with Crippen molar-refractivity contribution in [3.63, 3.8) is 0 Å². The fraction of sp³-hybridized carbons (Fsp3) is 0.556. The third-order valence-electron chi connectivity index (χ3n) is 6.07. The van der Waals surface area contributed by atoms with Gasteiger partial charge in [-0.2, -0.15) is 0 Å². The lowest BCUT2D eigenvalue weighted by molar-refractivity contribution is -0.0168. The van der Waals surface area contributed by atoms with Crippen LogP contribution >= 0.6 is 0 Å². The zero-order chi connectivity index (χ0) is 15.6. The summed E-state index contributed by atoms with van der Waals surface area (Å²) in [6.45, 7) is 0. The Morgan fingerprint density at radius 3 is 2.48 bits per heavy atom. The van der Waals surface area contributed by atoms with Gasteiger partial charge in [0.1, 0.15) is 5.82 Å². The van der Waals surface area contributed by atoms with Crippen molar-refractivity contribution in [1.29, 1.82) is 0 Å². The summed E-state index contributed by atoms with van der Waals surface area (Å²) in [6, 6.07) is 4.17. The minimum Gasteiger partial charge on any atom is -0.355 e. The molecule has 5 heteroatoms. The number of rotatable bonds is 2. The predicted molar refractivity (Wildman–Crippen MR) is 82.3 cm³/mol. The molecule has 23 heavy (non-hydrogen) atoms. The fourth-order valence-corrected chi connectivity index (χ4v) is 5.64. The maximum Gasteiger partial charge on any atom is 0.274 e. The van der Waals surface area contributed by atoms with Crippen LogP contribution in [0.25, 0.3) is 11.0 Å². The topological polar surface area (TPSA) is 55.1 Å². The second-order valence-electron chi connectivity index (χ2n) is 7.82. The normalized spacial score (nSPS) is 34.9.